The van der Waals surface area contributed by atoms with Crippen molar-refractivity contribution in [3.63, 3.8) is 0 Å². The first-order chi connectivity index (χ1) is 9.78. The van der Waals surface area contributed by atoms with E-state index in [1.165, 1.54) is 0 Å². The number of piperidine rings is 1. The van der Waals surface area contributed by atoms with Gasteiger partial charge in [-0.15, -0.1) is 5.10 Å². The molecule has 1 aliphatic heterocycles. The van der Waals surface area contributed by atoms with Crippen LogP contribution in [0.1, 0.15) is 19.8 Å². The second-order valence-electron chi connectivity index (χ2n) is 4.93. The Kier molecular flexibility index (Phi) is 3.54. The molecule has 3 rings (SSSR count). The number of nitrogens with zero attached hydrogens (tertiary/aromatic N) is 4. The molecule has 1 saturated heterocycles. The summed E-state index contributed by atoms with van der Waals surface area (Å²) in [5.41, 5.74) is 0.843. The van der Waals surface area contributed by atoms with Gasteiger partial charge in [-0.2, -0.15) is 0 Å². The molecule has 1 fully saturated rings. The van der Waals surface area contributed by atoms with Crippen LogP contribution in [0.4, 0.5) is 5.82 Å². The van der Waals surface area contributed by atoms with Gasteiger partial charge in [-0.3, -0.25) is 4.79 Å². The molecular formula is C14H18N4O2. The highest BCUT2D eigenvalue weighted by Gasteiger charge is 2.26. The molecule has 3 heterocycles. The maximum absolute atomic E-state index is 11.7. The summed E-state index contributed by atoms with van der Waals surface area (Å²) in [6.45, 7) is 3.96. The highest BCUT2D eigenvalue weighted by Crippen LogP contribution is 2.22. The van der Waals surface area contributed by atoms with E-state index in [-0.39, 0.29) is 11.9 Å². The number of anilines is 1. The van der Waals surface area contributed by atoms with Crippen LogP contribution in [0.25, 0.3) is 5.65 Å². The van der Waals surface area contributed by atoms with Crippen molar-refractivity contribution in [1.29, 1.82) is 0 Å². The molecule has 0 spiro atoms. The van der Waals surface area contributed by atoms with Gasteiger partial charge >= 0.3 is 5.97 Å². The zero-order chi connectivity index (χ0) is 13.9. The van der Waals surface area contributed by atoms with Gasteiger partial charge in [0.15, 0.2) is 5.65 Å². The molecule has 2 aromatic rings. The quantitative estimate of drug-likeness (QED) is 0.794. The predicted octanol–water partition coefficient (Wildman–Crippen LogP) is 1.51. The van der Waals surface area contributed by atoms with Crippen LogP contribution in [0.15, 0.2) is 24.5 Å². The van der Waals surface area contributed by atoms with E-state index in [1.54, 1.807) is 10.7 Å². The SMILES string of the molecule is CCOC(=O)C1CCN(c2ccc3nccn3n2)CC1. The number of esters is 1. The monoisotopic (exact) mass is 274 g/mol. The third-order valence-corrected chi connectivity index (χ3v) is 3.68. The van der Waals surface area contributed by atoms with E-state index >= 15 is 0 Å². The van der Waals surface area contributed by atoms with Crippen LogP contribution in [0, 0.1) is 5.92 Å². The fourth-order valence-corrected chi connectivity index (χ4v) is 2.58. The van der Waals surface area contributed by atoms with Crippen LogP contribution in [0.2, 0.25) is 0 Å². The van der Waals surface area contributed by atoms with Gasteiger partial charge < -0.3 is 9.64 Å². The molecular weight excluding hydrogens is 256 g/mol. The van der Waals surface area contributed by atoms with Crippen LogP contribution in [-0.2, 0) is 9.53 Å². The summed E-state index contributed by atoms with van der Waals surface area (Å²) in [5, 5.41) is 4.53. The van der Waals surface area contributed by atoms with E-state index in [0.717, 1.165) is 37.4 Å². The number of hydrogen-bond acceptors (Lipinski definition) is 5. The number of imidazole rings is 1. The number of hydrogen-bond donors (Lipinski definition) is 0. The lowest BCUT2D eigenvalue weighted by Crippen LogP contribution is -2.37. The lowest BCUT2D eigenvalue weighted by molar-refractivity contribution is -0.148. The summed E-state index contributed by atoms with van der Waals surface area (Å²) in [7, 11) is 0. The maximum atomic E-state index is 11.7. The Labute approximate surface area is 117 Å². The van der Waals surface area contributed by atoms with Gasteiger partial charge in [-0.05, 0) is 31.9 Å². The first-order valence-electron chi connectivity index (χ1n) is 7.00. The molecule has 106 valence electrons. The lowest BCUT2D eigenvalue weighted by atomic mass is 9.97. The summed E-state index contributed by atoms with van der Waals surface area (Å²) in [6.07, 6.45) is 5.22. The standard InChI is InChI=1S/C14H18N4O2/c1-2-20-14(19)11-5-8-17(9-6-11)13-4-3-12-15-7-10-18(12)16-13/h3-4,7,10-11H,2,5-6,8-9H2,1H3. The Morgan fingerprint density at radius 3 is 2.95 bits per heavy atom. The number of aromatic nitrogens is 3. The van der Waals surface area contributed by atoms with Gasteiger partial charge in [0.25, 0.3) is 0 Å². The Balaban J connectivity index is 1.66. The minimum atomic E-state index is -0.0647. The van der Waals surface area contributed by atoms with E-state index in [0.29, 0.717) is 6.61 Å². The van der Waals surface area contributed by atoms with E-state index in [9.17, 15) is 4.79 Å². The van der Waals surface area contributed by atoms with Crippen molar-refractivity contribution in [1.82, 2.24) is 14.6 Å². The molecule has 6 nitrogen and oxygen atoms in total. The topological polar surface area (TPSA) is 59.7 Å². The minimum absolute atomic E-state index is 0.0307. The molecule has 0 saturated carbocycles. The number of fused-ring (bicyclic) bond motifs is 1. The first kappa shape index (κ1) is 12.9. The van der Waals surface area contributed by atoms with Crippen molar-refractivity contribution in [2.24, 2.45) is 5.92 Å². The van der Waals surface area contributed by atoms with Crippen LogP contribution in [-0.4, -0.2) is 40.3 Å². The molecule has 6 heteroatoms. The van der Waals surface area contributed by atoms with E-state index in [1.807, 2.05) is 25.3 Å². The molecule has 2 aromatic heterocycles. The second-order valence-corrected chi connectivity index (χ2v) is 4.93. The highest BCUT2D eigenvalue weighted by molar-refractivity contribution is 5.72. The van der Waals surface area contributed by atoms with Crippen molar-refractivity contribution in [3.05, 3.63) is 24.5 Å². The van der Waals surface area contributed by atoms with Gasteiger partial charge in [0.05, 0.1) is 12.5 Å². The summed E-state index contributed by atoms with van der Waals surface area (Å²) in [6, 6.07) is 3.94. The average molecular weight is 274 g/mol. The highest BCUT2D eigenvalue weighted by atomic mass is 16.5. The molecule has 0 aromatic carbocycles. The van der Waals surface area contributed by atoms with E-state index in [2.05, 4.69) is 15.0 Å². The number of carbonyl (C=O) groups is 1. The molecule has 0 bridgehead atoms. The zero-order valence-corrected chi connectivity index (χ0v) is 11.5. The van der Waals surface area contributed by atoms with E-state index in [4.69, 9.17) is 4.74 Å². The van der Waals surface area contributed by atoms with Crippen molar-refractivity contribution < 1.29 is 9.53 Å². The van der Waals surface area contributed by atoms with Crippen molar-refractivity contribution >= 4 is 17.4 Å². The molecule has 1 aliphatic rings. The number of carbonyl (C=O) groups excluding carboxylic acids is 1. The molecule has 0 unspecified atom stereocenters. The van der Waals surface area contributed by atoms with Crippen molar-refractivity contribution in [2.45, 2.75) is 19.8 Å². The van der Waals surface area contributed by atoms with Gasteiger partial charge in [0.2, 0.25) is 0 Å². The van der Waals surface area contributed by atoms with Gasteiger partial charge in [-0.1, -0.05) is 0 Å². The van der Waals surface area contributed by atoms with Gasteiger partial charge in [0.1, 0.15) is 5.82 Å². The fraction of sp³-hybridized carbons (Fsp3) is 0.500. The van der Waals surface area contributed by atoms with Crippen molar-refractivity contribution in [3.8, 4) is 0 Å². The van der Waals surface area contributed by atoms with Gasteiger partial charge in [-0.25, -0.2) is 9.50 Å². The van der Waals surface area contributed by atoms with E-state index < -0.39 is 0 Å². The molecule has 0 amide bonds. The third-order valence-electron chi connectivity index (χ3n) is 3.68. The second kappa shape index (κ2) is 5.48. The van der Waals surface area contributed by atoms with Gasteiger partial charge in [0, 0.05) is 25.5 Å². The van der Waals surface area contributed by atoms with Crippen LogP contribution < -0.4 is 4.90 Å². The lowest BCUT2D eigenvalue weighted by Gasteiger charge is -2.31. The third kappa shape index (κ3) is 2.45. The normalized spacial score (nSPS) is 16.6. The Hall–Kier alpha value is -2.11. The Morgan fingerprint density at radius 1 is 1.40 bits per heavy atom. The predicted molar refractivity (Wildman–Crippen MR) is 74.6 cm³/mol. The Morgan fingerprint density at radius 2 is 2.20 bits per heavy atom. The smallest absolute Gasteiger partial charge is 0.309 e. The first-order valence-corrected chi connectivity index (χ1v) is 7.00. The summed E-state index contributed by atoms with van der Waals surface area (Å²) >= 11 is 0. The number of rotatable bonds is 3. The average Bonchev–Trinajstić information content (AvgIpc) is 2.95. The molecule has 20 heavy (non-hydrogen) atoms. The van der Waals surface area contributed by atoms with Crippen molar-refractivity contribution in [2.75, 3.05) is 24.6 Å². The molecule has 0 aliphatic carbocycles. The van der Waals surface area contributed by atoms with Crippen LogP contribution in [0.3, 0.4) is 0 Å². The Bertz CT molecular complexity index is 602. The minimum Gasteiger partial charge on any atom is -0.466 e. The summed E-state index contributed by atoms with van der Waals surface area (Å²) < 4.78 is 6.85. The number of ether oxygens (including phenoxy) is 1. The molecule has 0 atom stereocenters. The molecule has 0 N–H and O–H groups in total. The summed E-state index contributed by atoms with van der Waals surface area (Å²) in [5.74, 6) is 0.895. The summed E-state index contributed by atoms with van der Waals surface area (Å²) in [4.78, 5) is 18.1. The maximum Gasteiger partial charge on any atom is 0.309 e. The van der Waals surface area contributed by atoms with Crippen LogP contribution >= 0.6 is 0 Å². The largest absolute Gasteiger partial charge is 0.466 e. The molecule has 0 radical (unpaired) electrons. The van der Waals surface area contributed by atoms with Crippen LogP contribution in [0.5, 0.6) is 0 Å². The fourth-order valence-electron chi connectivity index (χ4n) is 2.58. The zero-order valence-electron chi connectivity index (χ0n) is 11.5.